The van der Waals surface area contributed by atoms with Gasteiger partial charge in [-0.25, -0.2) is 0 Å². The van der Waals surface area contributed by atoms with Crippen LogP contribution in [0.4, 0.5) is 0 Å². The van der Waals surface area contributed by atoms with Gasteiger partial charge in [0, 0.05) is 12.0 Å². The summed E-state index contributed by atoms with van der Waals surface area (Å²) in [4.78, 5) is 0. The van der Waals surface area contributed by atoms with E-state index in [4.69, 9.17) is 9.78 Å². The van der Waals surface area contributed by atoms with E-state index >= 15 is 0 Å². The monoisotopic (exact) mass is 212 g/mol. The highest BCUT2D eigenvalue weighted by atomic mass is 16.5. The Morgan fingerprint density at radius 3 is 2.81 bits per heavy atom. The van der Waals surface area contributed by atoms with Gasteiger partial charge in [0.05, 0.1) is 17.3 Å². The fourth-order valence-corrected chi connectivity index (χ4v) is 1.71. The molecule has 0 unspecified atom stereocenters. The van der Waals surface area contributed by atoms with Crippen LogP contribution in [0.3, 0.4) is 0 Å². The average molecular weight is 212 g/mol. The molecule has 2 rings (SSSR count). The van der Waals surface area contributed by atoms with Crippen LogP contribution < -0.4 is 0 Å². The van der Waals surface area contributed by atoms with Crippen LogP contribution in [-0.2, 0) is 6.42 Å². The van der Waals surface area contributed by atoms with E-state index in [9.17, 15) is 0 Å². The Hall–Kier alpha value is -2.08. The van der Waals surface area contributed by atoms with Gasteiger partial charge in [0.1, 0.15) is 5.76 Å². The van der Waals surface area contributed by atoms with Crippen LogP contribution in [0.5, 0.6) is 0 Å². The molecule has 0 aliphatic carbocycles. The number of nitrogens with zero attached hydrogens (tertiary/aromatic N) is 2. The molecule has 2 aromatic rings. The molecule has 0 amide bonds. The average Bonchev–Trinajstić information content (AvgIpc) is 2.61. The largest absolute Gasteiger partial charge is 0.361 e. The van der Waals surface area contributed by atoms with Gasteiger partial charge in [-0.1, -0.05) is 17.3 Å². The van der Waals surface area contributed by atoms with Gasteiger partial charge in [0.2, 0.25) is 0 Å². The van der Waals surface area contributed by atoms with Crippen molar-refractivity contribution in [1.29, 1.82) is 5.26 Å². The minimum atomic E-state index is 0.685. The van der Waals surface area contributed by atoms with Crippen LogP contribution in [-0.4, -0.2) is 5.16 Å². The third kappa shape index (κ3) is 1.96. The van der Waals surface area contributed by atoms with Crippen molar-refractivity contribution >= 4 is 0 Å². The second kappa shape index (κ2) is 4.19. The Bertz CT molecular complexity index is 530. The fourth-order valence-electron chi connectivity index (χ4n) is 1.71. The molecule has 1 heterocycles. The number of rotatable bonds is 2. The lowest BCUT2D eigenvalue weighted by molar-refractivity contribution is 0.392. The number of hydrogen-bond donors (Lipinski definition) is 0. The van der Waals surface area contributed by atoms with Crippen molar-refractivity contribution < 1.29 is 4.52 Å². The first kappa shape index (κ1) is 10.4. The number of aryl methyl sites for hydroxylation is 2. The molecule has 0 saturated heterocycles. The molecule has 1 aromatic carbocycles. The summed E-state index contributed by atoms with van der Waals surface area (Å²) in [6.07, 6.45) is 0.761. The van der Waals surface area contributed by atoms with Gasteiger partial charge in [-0.05, 0) is 31.5 Å². The Morgan fingerprint density at radius 1 is 1.38 bits per heavy atom. The molecule has 16 heavy (non-hydrogen) atoms. The lowest BCUT2D eigenvalue weighted by Crippen LogP contribution is -1.91. The van der Waals surface area contributed by atoms with Gasteiger partial charge in [-0.3, -0.25) is 0 Å². The zero-order chi connectivity index (χ0) is 11.5. The normalized spacial score (nSPS) is 10.1. The first-order valence-corrected chi connectivity index (χ1v) is 5.11. The second-order valence-electron chi connectivity index (χ2n) is 3.79. The summed E-state index contributed by atoms with van der Waals surface area (Å²) in [5.41, 5.74) is 3.81. The Balaban J connectivity index is 2.31. The van der Waals surface area contributed by atoms with Gasteiger partial charge in [-0.2, -0.15) is 5.26 Å². The second-order valence-corrected chi connectivity index (χ2v) is 3.79. The van der Waals surface area contributed by atoms with Crippen molar-refractivity contribution in [1.82, 2.24) is 5.16 Å². The Labute approximate surface area is 94.3 Å². The molecule has 0 bridgehead atoms. The topological polar surface area (TPSA) is 49.8 Å². The van der Waals surface area contributed by atoms with E-state index in [0.29, 0.717) is 5.56 Å². The van der Waals surface area contributed by atoms with Crippen molar-refractivity contribution in [3.63, 3.8) is 0 Å². The zero-order valence-corrected chi connectivity index (χ0v) is 9.32. The molecule has 0 aliphatic heterocycles. The summed E-state index contributed by atoms with van der Waals surface area (Å²) in [6.45, 7) is 3.84. The minimum Gasteiger partial charge on any atom is -0.361 e. The Morgan fingerprint density at radius 2 is 2.19 bits per heavy atom. The molecular formula is C13H12N2O. The summed E-state index contributed by atoms with van der Waals surface area (Å²) >= 11 is 0. The molecule has 80 valence electrons. The van der Waals surface area contributed by atoms with Gasteiger partial charge >= 0.3 is 0 Å². The smallest absolute Gasteiger partial charge is 0.137 e. The van der Waals surface area contributed by atoms with E-state index in [2.05, 4.69) is 11.2 Å². The van der Waals surface area contributed by atoms with E-state index < -0.39 is 0 Å². The van der Waals surface area contributed by atoms with Crippen molar-refractivity contribution in [2.24, 2.45) is 0 Å². The van der Waals surface area contributed by atoms with Gasteiger partial charge in [-0.15, -0.1) is 0 Å². The number of hydrogen-bond acceptors (Lipinski definition) is 3. The summed E-state index contributed by atoms with van der Waals surface area (Å²) in [6, 6.07) is 9.74. The van der Waals surface area contributed by atoms with Crippen LogP contribution in [0.25, 0.3) is 0 Å². The highest BCUT2D eigenvalue weighted by Crippen LogP contribution is 2.17. The van der Waals surface area contributed by atoms with Crippen molar-refractivity contribution in [3.05, 3.63) is 52.4 Å². The highest BCUT2D eigenvalue weighted by Gasteiger charge is 2.09. The van der Waals surface area contributed by atoms with Crippen LogP contribution >= 0.6 is 0 Å². The maximum Gasteiger partial charge on any atom is 0.137 e. The van der Waals surface area contributed by atoms with E-state index in [1.807, 2.05) is 32.0 Å². The molecule has 0 atom stereocenters. The first-order chi connectivity index (χ1) is 7.70. The summed E-state index contributed by atoms with van der Waals surface area (Å²) in [7, 11) is 0. The Kier molecular flexibility index (Phi) is 2.74. The summed E-state index contributed by atoms with van der Waals surface area (Å²) < 4.78 is 5.11. The molecule has 0 spiro atoms. The van der Waals surface area contributed by atoms with E-state index in [1.165, 1.54) is 0 Å². The number of benzene rings is 1. The molecule has 0 N–H and O–H groups in total. The number of nitriles is 1. The predicted octanol–water partition coefficient (Wildman–Crippen LogP) is 2.75. The molecule has 1 aromatic heterocycles. The molecule has 3 heteroatoms. The van der Waals surface area contributed by atoms with E-state index in [1.54, 1.807) is 6.07 Å². The van der Waals surface area contributed by atoms with Gasteiger partial charge in [0.15, 0.2) is 0 Å². The lowest BCUT2D eigenvalue weighted by atomic mass is 10.0. The number of aromatic nitrogens is 1. The quantitative estimate of drug-likeness (QED) is 0.769. The molecule has 0 radical (unpaired) electrons. The van der Waals surface area contributed by atoms with Gasteiger partial charge < -0.3 is 4.52 Å². The van der Waals surface area contributed by atoms with Crippen LogP contribution in [0.2, 0.25) is 0 Å². The van der Waals surface area contributed by atoms with Crippen LogP contribution in [0.1, 0.15) is 28.1 Å². The van der Waals surface area contributed by atoms with Crippen LogP contribution in [0, 0.1) is 25.2 Å². The van der Waals surface area contributed by atoms with Crippen LogP contribution in [0.15, 0.2) is 28.8 Å². The van der Waals surface area contributed by atoms with Crippen molar-refractivity contribution in [3.8, 4) is 6.07 Å². The van der Waals surface area contributed by atoms with Crippen molar-refractivity contribution in [2.75, 3.05) is 0 Å². The van der Waals surface area contributed by atoms with E-state index in [-0.39, 0.29) is 0 Å². The minimum absolute atomic E-state index is 0.685. The SMILES string of the molecule is Cc1noc(C)c1Cc1cccc(C#N)c1. The highest BCUT2D eigenvalue weighted by molar-refractivity contribution is 5.36. The van der Waals surface area contributed by atoms with Gasteiger partial charge in [0.25, 0.3) is 0 Å². The third-order valence-electron chi connectivity index (χ3n) is 2.62. The predicted molar refractivity (Wildman–Crippen MR) is 59.9 cm³/mol. The maximum absolute atomic E-state index is 8.82. The standard InChI is InChI=1S/C13H12N2O/c1-9-13(10(2)16-15-9)7-11-4-3-5-12(6-11)8-14/h3-6H,7H2,1-2H3. The molecule has 0 saturated carbocycles. The first-order valence-electron chi connectivity index (χ1n) is 5.11. The van der Waals surface area contributed by atoms with Crippen molar-refractivity contribution in [2.45, 2.75) is 20.3 Å². The molecular weight excluding hydrogens is 200 g/mol. The fraction of sp³-hybridized carbons (Fsp3) is 0.231. The maximum atomic E-state index is 8.82. The molecule has 0 aliphatic rings. The zero-order valence-electron chi connectivity index (χ0n) is 9.32. The van der Waals surface area contributed by atoms with E-state index in [0.717, 1.165) is 29.0 Å². The molecule has 3 nitrogen and oxygen atoms in total. The lowest BCUT2D eigenvalue weighted by Gasteiger charge is -2.01. The summed E-state index contributed by atoms with van der Waals surface area (Å²) in [5, 5.41) is 12.7. The molecule has 0 fully saturated rings. The third-order valence-corrected chi connectivity index (χ3v) is 2.62. The summed E-state index contributed by atoms with van der Waals surface area (Å²) in [5.74, 6) is 0.847.